The SMILES string of the molecule is CCN(Cc1ccccc1)c1cc(N)nc(SC)n1. The predicted octanol–water partition coefficient (Wildman–Crippen LogP) is 2.81. The molecule has 0 spiro atoms. The summed E-state index contributed by atoms with van der Waals surface area (Å²) in [6, 6.07) is 12.2. The van der Waals surface area contributed by atoms with Crippen LogP contribution in [0.3, 0.4) is 0 Å². The fraction of sp³-hybridized carbons (Fsp3) is 0.286. The van der Waals surface area contributed by atoms with E-state index in [1.54, 1.807) is 0 Å². The van der Waals surface area contributed by atoms with Gasteiger partial charge in [0.1, 0.15) is 11.6 Å². The van der Waals surface area contributed by atoms with E-state index in [4.69, 9.17) is 5.73 Å². The summed E-state index contributed by atoms with van der Waals surface area (Å²) >= 11 is 1.50. The van der Waals surface area contributed by atoms with Crippen molar-refractivity contribution in [1.29, 1.82) is 0 Å². The maximum atomic E-state index is 5.83. The number of hydrogen-bond acceptors (Lipinski definition) is 5. The molecule has 0 aliphatic rings. The van der Waals surface area contributed by atoms with Crippen molar-refractivity contribution in [2.24, 2.45) is 0 Å². The molecule has 19 heavy (non-hydrogen) atoms. The Morgan fingerprint density at radius 3 is 2.58 bits per heavy atom. The monoisotopic (exact) mass is 274 g/mol. The minimum Gasteiger partial charge on any atom is -0.383 e. The van der Waals surface area contributed by atoms with Crippen molar-refractivity contribution in [3.05, 3.63) is 42.0 Å². The van der Waals surface area contributed by atoms with E-state index in [9.17, 15) is 0 Å². The van der Waals surface area contributed by atoms with Gasteiger partial charge in [-0.15, -0.1) is 0 Å². The molecule has 0 aliphatic carbocycles. The lowest BCUT2D eigenvalue weighted by molar-refractivity contribution is 0.794. The molecular weight excluding hydrogens is 256 g/mol. The summed E-state index contributed by atoms with van der Waals surface area (Å²) in [6.07, 6.45) is 1.95. The van der Waals surface area contributed by atoms with Crippen LogP contribution in [0.1, 0.15) is 12.5 Å². The molecule has 1 aromatic carbocycles. The molecule has 2 aromatic rings. The third-order valence-corrected chi connectivity index (χ3v) is 3.36. The molecule has 1 aromatic heterocycles. The first kappa shape index (κ1) is 13.7. The number of aromatic nitrogens is 2. The normalized spacial score (nSPS) is 10.4. The zero-order chi connectivity index (χ0) is 13.7. The van der Waals surface area contributed by atoms with Gasteiger partial charge in [0.05, 0.1) is 0 Å². The van der Waals surface area contributed by atoms with Gasteiger partial charge in [-0.2, -0.15) is 0 Å². The van der Waals surface area contributed by atoms with Crippen LogP contribution in [0.4, 0.5) is 11.6 Å². The number of nitrogens with zero attached hydrogens (tertiary/aromatic N) is 3. The lowest BCUT2D eigenvalue weighted by Crippen LogP contribution is -2.23. The van der Waals surface area contributed by atoms with Crippen LogP contribution in [0.15, 0.2) is 41.6 Å². The highest BCUT2D eigenvalue weighted by atomic mass is 32.2. The highest BCUT2D eigenvalue weighted by Gasteiger charge is 2.09. The van der Waals surface area contributed by atoms with Crippen molar-refractivity contribution in [3.63, 3.8) is 0 Å². The molecule has 0 unspecified atom stereocenters. The van der Waals surface area contributed by atoms with E-state index in [0.29, 0.717) is 11.0 Å². The molecular formula is C14H18N4S. The van der Waals surface area contributed by atoms with Gasteiger partial charge in [-0.25, -0.2) is 9.97 Å². The topological polar surface area (TPSA) is 55.0 Å². The molecule has 0 fully saturated rings. The number of rotatable bonds is 5. The minimum atomic E-state index is 0.515. The predicted molar refractivity (Wildman–Crippen MR) is 81.4 cm³/mol. The van der Waals surface area contributed by atoms with Gasteiger partial charge >= 0.3 is 0 Å². The van der Waals surface area contributed by atoms with E-state index in [-0.39, 0.29) is 0 Å². The smallest absolute Gasteiger partial charge is 0.191 e. The van der Waals surface area contributed by atoms with Gasteiger partial charge in [-0.05, 0) is 18.7 Å². The highest BCUT2D eigenvalue weighted by Crippen LogP contribution is 2.20. The average Bonchev–Trinajstić information content (AvgIpc) is 2.45. The van der Waals surface area contributed by atoms with E-state index in [1.807, 2.05) is 30.5 Å². The molecule has 0 radical (unpaired) electrons. The number of hydrogen-bond donors (Lipinski definition) is 1. The van der Waals surface area contributed by atoms with Crippen molar-refractivity contribution >= 4 is 23.4 Å². The molecule has 4 nitrogen and oxygen atoms in total. The molecule has 0 saturated carbocycles. The zero-order valence-corrected chi connectivity index (χ0v) is 12.0. The van der Waals surface area contributed by atoms with Crippen LogP contribution < -0.4 is 10.6 Å². The number of anilines is 2. The van der Waals surface area contributed by atoms with E-state index in [0.717, 1.165) is 18.9 Å². The molecule has 0 atom stereocenters. The summed E-state index contributed by atoms with van der Waals surface area (Å²) in [6.45, 7) is 3.81. The second-order valence-corrected chi connectivity index (χ2v) is 4.91. The summed E-state index contributed by atoms with van der Waals surface area (Å²) in [4.78, 5) is 10.9. The van der Waals surface area contributed by atoms with Gasteiger partial charge in [0.2, 0.25) is 0 Å². The van der Waals surface area contributed by atoms with Crippen molar-refractivity contribution < 1.29 is 0 Å². The van der Waals surface area contributed by atoms with Gasteiger partial charge in [0.15, 0.2) is 5.16 Å². The Kier molecular flexibility index (Phi) is 4.63. The van der Waals surface area contributed by atoms with E-state index in [2.05, 4.69) is 33.9 Å². The number of benzene rings is 1. The maximum Gasteiger partial charge on any atom is 0.191 e. The fourth-order valence-electron chi connectivity index (χ4n) is 1.84. The second kappa shape index (κ2) is 6.43. The fourth-order valence-corrected chi connectivity index (χ4v) is 2.22. The van der Waals surface area contributed by atoms with Crippen LogP contribution in [0.25, 0.3) is 0 Å². The van der Waals surface area contributed by atoms with Crippen LogP contribution in [-0.4, -0.2) is 22.8 Å². The Morgan fingerprint density at radius 1 is 1.21 bits per heavy atom. The van der Waals surface area contributed by atoms with Gasteiger partial charge in [0, 0.05) is 19.2 Å². The first-order valence-electron chi connectivity index (χ1n) is 6.20. The van der Waals surface area contributed by atoms with E-state index >= 15 is 0 Å². The number of nitrogen functional groups attached to an aromatic ring is 1. The molecule has 0 amide bonds. The third-order valence-electron chi connectivity index (χ3n) is 2.82. The van der Waals surface area contributed by atoms with Crippen molar-refractivity contribution in [1.82, 2.24) is 9.97 Å². The van der Waals surface area contributed by atoms with Gasteiger partial charge < -0.3 is 10.6 Å². The first-order valence-corrected chi connectivity index (χ1v) is 7.42. The van der Waals surface area contributed by atoms with Crippen LogP contribution in [-0.2, 0) is 6.54 Å². The van der Waals surface area contributed by atoms with Gasteiger partial charge in [0.25, 0.3) is 0 Å². The van der Waals surface area contributed by atoms with Crippen molar-refractivity contribution in [2.75, 3.05) is 23.4 Å². The van der Waals surface area contributed by atoms with E-state index in [1.165, 1.54) is 17.3 Å². The Bertz CT molecular complexity index is 530. The Morgan fingerprint density at radius 2 is 1.95 bits per heavy atom. The van der Waals surface area contributed by atoms with Crippen LogP contribution >= 0.6 is 11.8 Å². The molecule has 5 heteroatoms. The molecule has 0 aliphatic heterocycles. The summed E-state index contributed by atoms with van der Waals surface area (Å²) < 4.78 is 0. The molecule has 2 rings (SSSR count). The van der Waals surface area contributed by atoms with Crippen LogP contribution in [0.5, 0.6) is 0 Å². The summed E-state index contributed by atoms with van der Waals surface area (Å²) in [5.74, 6) is 1.39. The summed E-state index contributed by atoms with van der Waals surface area (Å²) in [5.41, 5.74) is 7.09. The summed E-state index contributed by atoms with van der Waals surface area (Å²) in [5, 5.41) is 0.710. The van der Waals surface area contributed by atoms with Gasteiger partial charge in [-0.3, -0.25) is 0 Å². The third kappa shape index (κ3) is 3.61. The minimum absolute atomic E-state index is 0.515. The number of nitrogens with two attached hydrogens (primary N) is 1. The Hall–Kier alpha value is -1.75. The van der Waals surface area contributed by atoms with Crippen molar-refractivity contribution in [3.8, 4) is 0 Å². The molecule has 1 heterocycles. The average molecular weight is 274 g/mol. The molecule has 2 N–H and O–H groups in total. The Labute approximate surface area is 118 Å². The van der Waals surface area contributed by atoms with Crippen LogP contribution in [0.2, 0.25) is 0 Å². The molecule has 0 bridgehead atoms. The quantitative estimate of drug-likeness (QED) is 0.671. The maximum absolute atomic E-state index is 5.83. The lowest BCUT2D eigenvalue weighted by Gasteiger charge is -2.22. The van der Waals surface area contributed by atoms with Crippen LogP contribution in [0, 0.1) is 0 Å². The largest absolute Gasteiger partial charge is 0.383 e. The standard InChI is InChI=1S/C14H18N4S/c1-3-18(10-11-7-5-4-6-8-11)13-9-12(15)16-14(17-13)19-2/h4-9H,3,10H2,1-2H3,(H2,15,16,17). The lowest BCUT2D eigenvalue weighted by atomic mass is 10.2. The molecule has 0 saturated heterocycles. The molecule has 100 valence electrons. The summed E-state index contributed by atoms with van der Waals surface area (Å²) in [7, 11) is 0. The zero-order valence-electron chi connectivity index (χ0n) is 11.2. The first-order chi connectivity index (χ1) is 9.22. The van der Waals surface area contributed by atoms with Crippen molar-refractivity contribution in [2.45, 2.75) is 18.6 Å². The number of thioether (sulfide) groups is 1. The Balaban J connectivity index is 2.24. The second-order valence-electron chi connectivity index (χ2n) is 4.14. The van der Waals surface area contributed by atoms with E-state index < -0.39 is 0 Å². The highest BCUT2D eigenvalue weighted by molar-refractivity contribution is 7.98. The van der Waals surface area contributed by atoms with Gasteiger partial charge in [-0.1, -0.05) is 42.1 Å².